The van der Waals surface area contributed by atoms with E-state index >= 15 is 0 Å². The highest BCUT2D eigenvalue weighted by Gasteiger charge is 2.22. The Labute approximate surface area is 151 Å². The van der Waals surface area contributed by atoms with Crippen molar-refractivity contribution in [2.24, 2.45) is 0 Å². The molecule has 3 rings (SSSR count). The molecule has 0 atom stereocenters. The van der Waals surface area contributed by atoms with Gasteiger partial charge in [0.1, 0.15) is 23.9 Å². The van der Waals surface area contributed by atoms with Crippen LogP contribution in [0.5, 0.6) is 0 Å². The molecule has 136 valence electrons. The Morgan fingerprint density at radius 2 is 2.00 bits per heavy atom. The summed E-state index contributed by atoms with van der Waals surface area (Å²) in [5.74, 6) is 0.668. The lowest BCUT2D eigenvalue weighted by atomic mass is 10.3. The Hall–Kier alpha value is -3.07. The molecule has 9 heteroatoms. The van der Waals surface area contributed by atoms with Crippen LogP contribution in [0.25, 0.3) is 0 Å². The van der Waals surface area contributed by atoms with Crippen LogP contribution in [0, 0.1) is 0 Å². The van der Waals surface area contributed by atoms with Gasteiger partial charge in [0, 0.05) is 39.5 Å². The Morgan fingerprint density at radius 3 is 2.69 bits per heavy atom. The van der Waals surface area contributed by atoms with E-state index in [-0.39, 0.29) is 24.1 Å². The van der Waals surface area contributed by atoms with Crippen LogP contribution in [-0.2, 0) is 9.53 Å². The summed E-state index contributed by atoms with van der Waals surface area (Å²) < 4.78 is 4.88. The van der Waals surface area contributed by atoms with Crippen LogP contribution >= 0.6 is 0 Å². The molecule has 1 N–H and O–H groups in total. The van der Waals surface area contributed by atoms with Crippen LogP contribution in [0.2, 0.25) is 0 Å². The minimum Gasteiger partial charge on any atom is -0.375 e. The third-order valence-corrected chi connectivity index (χ3v) is 3.99. The SMILES string of the molecule is COCC(=O)N1CCN(c2cncc(C(=O)Nc3ccccn3)n2)CC1. The quantitative estimate of drug-likeness (QED) is 0.828. The Balaban J connectivity index is 1.63. The number of amides is 2. The number of carbonyl (C=O) groups excluding carboxylic acids is 2. The predicted octanol–water partition coefficient (Wildman–Crippen LogP) is 0.419. The summed E-state index contributed by atoms with van der Waals surface area (Å²) in [4.78, 5) is 40.5. The number of pyridine rings is 1. The predicted molar refractivity (Wildman–Crippen MR) is 94.9 cm³/mol. The fourth-order valence-electron chi connectivity index (χ4n) is 2.63. The summed E-state index contributed by atoms with van der Waals surface area (Å²) in [5, 5.41) is 2.69. The van der Waals surface area contributed by atoms with Crippen molar-refractivity contribution < 1.29 is 14.3 Å². The average Bonchev–Trinajstić information content (AvgIpc) is 2.69. The summed E-state index contributed by atoms with van der Waals surface area (Å²) in [6.07, 6.45) is 4.63. The Kier molecular flexibility index (Phi) is 5.69. The molecule has 2 aromatic heterocycles. The van der Waals surface area contributed by atoms with Crippen molar-refractivity contribution in [1.82, 2.24) is 19.9 Å². The number of hydrogen-bond donors (Lipinski definition) is 1. The smallest absolute Gasteiger partial charge is 0.277 e. The fourth-order valence-corrected chi connectivity index (χ4v) is 2.63. The highest BCUT2D eigenvalue weighted by Crippen LogP contribution is 2.14. The first-order valence-electron chi connectivity index (χ1n) is 8.23. The highest BCUT2D eigenvalue weighted by atomic mass is 16.5. The van der Waals surface area contributed by atoms with E-state index in [2.05, 4.69) is 20.3 Å². The van der Waals surface area contributed by atoms with Gasteiger partial charge >= 0.3 is 0 Å². The third kappa shape index (κ3) is 4.31. The van der Waals surface area contributed by atoms with Crippen LogP contribution < -0.4 is 10.2 Å². The van der Waals surface area contributed by atoms with E-state index in [4.69, 9.17) is 4.74 Å². The van der Waals surface area contributed by atoms with E-state index < -0.39 is 0 Å². The van der Waals surface area contributed by atoms with Gasteiger partial charge in [0.05, 0.1) is 12.4 Å². The zero-order chi connectivity index (χ0) is 18.4. The molecule has 0 unspecified atom stereocenters. The van der Waals surface area contributed by atoms with Gasteiger partial charge in [-0.1, -0.05) is 6.07 Å². The summed E-state index contributed by atoms with van der Waals surface area (Å²) in [6.45, 7) is 2.48. The van der Waals surface area contributed by atoms with Gasteiger partial charge in [0.2, 0.25) is 5.91 Å². The van der Waals surface area contributed by atoms with Crippen LogP contribution in [-0.4, -0.2) is 71.6 Å². The third-order valence-electron chi connectivity index (χ3n) is 3.99. The molecule has 0 spiro atoms. The second-order valence-electron chi connectivity index (χ2n) is 5.73. The van der Waals surface area contributed by atoms with E-state index in [0.717, 1.165) is 0 Å². The van der Waals surface area contributed by atoms with E-state index in [1.54, 1.807) is 35.5 Å². The molecule has 2 amide bonds. The molecular weight excluding hydrogens is 336 g/mol. The maximum atomic E-state index is 12.3. The van der Waals surface area contributed by atoms with Crippen molar-refractivity contribution in [2.75, 3.05) is 50.1 Å². The number of aromatic nitrogens is 3. The van der Waals surface area contributed by atoms with E-state index in [1.165, 1.54) is 13.3 Å². The molecule has 0 aliphatic carbocycles. The van der Waals surface area contributed by atoms with Gasteiger partial charge in [-0.25, -0.2) is 9.97 Å². The standard InChI is InChI=1S/C17H20N6O3/c1-26-12-16(24)23-8-6-22(7-9-23)15-11-18-10-13(20-15)17(25)21-14-4-2-3-5-19-14/h2-5,10-11H,6-9,12H2,1H3,(H,19,21,25). The number of piperazine rings is 1. The number of carbonyl (C=O) groups is 2. The van der Waals surface area contributed by atoms with Gasteiger partial charge in [-0.15, -0.1) is 0 Å². The number of anilines is 2. The van der Waals surface area contributed by atoms with Crippen molar-refractivity contribution in [3.8, 4) is 0 Å². The molecule has 3 heterocycles. The van der Waals surface area contributed by atoms with Gasteiger partial charge in [-0.3, -0.25) is 14.6 Å². The Bertz CT molecular complexity index is 762. The summed E-state index contributed by atoms with van der Waals surface area (Å²) in [5.41, 5.74) is 0.214. The van der Waals surface area contributed by atoms with Crippen LogP contribution in [0.4, 0.5) is 11.6 Å². The molecule has 1 saturated heterocycles. The number of ether oxygens (including phenoxy) is 1. The zero-order valence-electron chi connectivity index (χ0n) is 14.5. The second kappa shape index (κ2) is 8.34. The van der Waals surface area contributed by atoms with Crippen LogP contribution in [0.3, 0.4) is 0 Å². The topological polar surface area (TPSA) is 101 Å². The van der Waals surface area contributed by atoms with Crippen molar-refractivity contribution in [3.63, 3.8) is 0 Å². The van der Waals surface area contributed by atoms with E-state index in [9.17, 15) is 9.59 Å². The molecular formula is C17H20N6O3. The maximum Gasteiger partial charge on any atom is 0.277 e. The molecule has 0 aromatic carbocycles. The van der Waals surface area contributed by atoms with Gasteiger partial charge in [-0.2, -0.15) is 0 Å². The molecule has 1 fully saturated rings. The summed E-state index contributed by atoms with van der Waals surface area (Å²) in [7, 11) is 1.51. The largest absolute Gasteiger partial charge is 0.375 e. The minimum absolute atomic E-state index is 0.0262. The normalized spacial score (nSPS) is 14.2. The van der Waals surface area contributed by atoms with Crippen molar-refractivity contribution >= 4 is 23.5 Å². The molecule has 26 heavy (non-hydrogen) atoms. The molecule has 0 radical (unpaired) electrons. The maximum absolute atomic E-state index is 12.3. The summed E-state index contributed by atoms with van der Waals surface area (Å²) >= 11 is 0. The van der Waals surface area contributed by atoms with Crippen molar-refractivity contribution in [3.05, 3.63) is 42.5 Å². The average molecular weight is 356 g/mol. The van der Waals surface area contributed by atoms with Crippen LogP contribution in [0.15, 0.2) is 36.8 Å². The monoisotopic (exact) mass is 356 g/mol. The van der Waals surface area contributed by atoms with E-state index in [1.807, 2.05) is 4.90 Å². The number of methoxy groups -OCH3 is 1. The number of hydrogen-bond acceptors (Lipinski definition) is 7. The minimum atomic E-state index is -0.369. The molecule has 0 saturated carbocycles. The lowest BCUT2D eigenvalue weighted by Crippen LogP contribution is -2.50. The van der Waals surface area contributed by atoms with Gasteiger partial charge in [-0.05, 0) is 12.1 Å². The molecule has 1 aliphatic rings. The van der Waals surface area contributed by atoms with Gasteiger partial charge < -0.3 is 19.9 Å². The summed E-state index contributed by atoms with van der Waals surface area (Å²) in [6, 6.07) is 5.26. The fraction of sp³-hybridized carbons (Fsp3) is 0.353. The van der Waals surface area contributed by atoms with Crippen LogP contribution in [0.1, 0.15) is 10.5 Å². The lowest BCUT2D eigenvalue weighted by Gasteiger charge is -2.35. The number of rotatable bonds is 5. The molecule has 9 nitrogen and oxygen atoms in total. The van der Waals surface area contributed by atoms with Crippen molar-refractivity contribution in [2.45, 2.75) is 0 Å². The zero-order valence-corrected chi connectivity index (χ0v) is 14.5. The first-order valence-corrected chi connectivity index (χ1v) is 8.23. The number of nitrogens with zero attached hydrogens (tertiary/aromatic N) is 5. The van der Waals surface area contributed by atoms with Gasteiger partial charge in [0.25, 0.3) is 5.91 Å². The van der Waals surface area contributed by atoms with Gasteiger partial charge in [0.15, 0.2) is 0 Å². The Morgan fingerprint density at radius 1 is 1.19 bits per heavy atom. The van der Waals surface area contributed by atoms with E-state index in [0.29, 0.717) is 37.8 Å². The molecule has 2 aromatic rings. The molecule has 1 aliphatic heterocycles. The highest BCUT2D eigenvalue weighted by molar-refractivity contribution is 6.02. The molecule has 0 bridgehead atoms. The first-order chi connectivity index (χ1) is 12.7. The lowest BCUT2D eigenvalue weighted by molar-refractivity contribution is -0.135. The number of nitrogens with one attached hydrogen (secondary N) is 1. The first kappa shape index (κ1) is 17.7. The van der Waals surface area contributed by atoms with Crippen molar-refractivity contribution in [1.29, 1.82) is 0 Å². The second-order valence-corrected chi connectivity index (χ2v) is 5.73.